The van der Waals surface area contributed by atoms with Crippen LogP contribution in [0.1, 0.15) is 30.5 Å². The van der Waals surface area contributed by atoms with E-state index in [1.165, 1.54) is 0 Å². The van der Waals surface area contributed by atoms with E-state index in [9.17, 15) is 14.4 Å². The van der Waals surface area contributed by atoms with E-state index >= 15 is 0 Å². The summed E-state index contributed by atoms with van der Waals surface area (Å²) in [7, 11) is 0. The zero-order chi connectivity index (χ0) is 22.5. The minimum atomic E-state index is -0.466. The number of anilines is 1. The first-order chi connectivity index (χ1) is 14.7. The molecule has 0 spiro atoms. The van der Waals surface area contributed by atoms with Crippen molar-refractivity contribution in [3.63, 3.8) is 0 Å². The highest BCUT2D eigenvalue weighted by Gasteiger charge is 2.36. The van der Waals surface area contributed by atoms with Crippen LogP contribution in [0.5, 0.6) is 5.75 Å². The number of nitrogens with one attached hydrogen (secondary N) is 1. The van der Waals surface area contributed by atoms with E-state index in [2.05, 4.69) is 19.2 Å². The molecule has 1 aliphatic heterocycles. The molecule has 0 unspecified atom stereocenters. The number of carbonyl (C=O) groups excluding carboxylic acids is 3. The summed E-state index contributed by atoms with van der Waals surface area (Å²) in [5.74, 6) is 0.305. The number of amides is 3. The van der Waals surface area contributed by atoms with Gasteiger partial charge in [0.2, 0.25) is 5.91 Å². The highest BCUT2D eigenvalue weighted by atomic mass is 32.2. The minimum Gasteiger partial charge on any atom is -0.493 e. The van der Waals surface area contributed by atoms with Crippen LogP contribution in [0.4, 0.5) is 10.5 Å². The number of para-hydroxylation sites is 1. The molecule has 6 nitrogen and oxygen atoms in total. The number of aryl methyl sites for hydroxylation is 2. The molecule has 2 aromatic rings. The van der Waals surface area contributed by atoms with Crippen LogP contribution in [-0.2, 0) is 9.59 Å². The lowest BCUT2D eigenvalue weighted by Gasteiger charge is -2.15. The minimum absolute atomic E-state index is 0.292. The molecule has 1 heterocycles. The first kappa shape index (κ1) is 22.6. The summed E-state index contributed by atoms with van der Waals surface area (Å²) in [6.45, 7) is 8.25. The van der Waals surface area contributed by atoms with Crippen LogP contribution in [-0.4, -0.2) is 35.1 Å². The Labute approximate surface area is 186 Å². The average Bonchev–Trinajstić information content (AvgIpc) is 2.97. The fourth-order valence-corrected chi connectivity index (χ4v) is 3.88. The fourth-order valence-electron chi connectivity index (χ4n) is 3.05. The summed E-state index contributed by atoms with van der Waals surface area (Å²) in [6, 6.07) is 13.0. The summed E-state index contributed by atoms with van der Waals surface area (Å²) in [4.78, 5) is 38.8. The molecule has 1 N–H and O–H groups in total. The molecule has 31 heavy (non-hydrogen) atoms. The maximum atomic E-state index is 12.7. The largest absolute Gasteiger partial charge is 0.493 e. The average molecular weight is 439 g/mol. The Hall–Kier alpha value is -3.06. The van der Waals surface area contributed by atoms with Gasteiger partial charge in [-0.05, 0) is 66.4 Å². The van der Waals surface area contributed by atoms with Crippen molar-refractivity contribution in [2.75, 3.05) is 18.5 Å². The normalized spacial score (nSPS) is 15.1. The molecule has 0 bridgehead atoms. The van der Waals surface area contributed by atoms with Gasteiger partial charge in [0.1, 0.15) is 12.3 Å². The standard InChI is InChI=1S/C24H26N2O4S/c1-15(2)14-30-19-10-8-18(9-11-19)12-20-23(28)26(24(29)31-20)13-21(27)25-22-16(3)6-5-7-17(22)4/h5-12,15H,13-14H2,1-4H3,(H,25,27)/b20-12-. The number of hydrogen-bond donors (Lipinski definition) is 1. The van der Waals surface area contributed by atoms with Crippen molar-refractivity contribution in [3.05, 3.63) is 64.1 Å². The SMILES string of the molecule is Cc1cccc(C)c1NC(=O)CN1C(=O)S/C(=C\c2ccc(OCC(C)C)cc2)C1=O. The van der Waals surface area contributed by atoms with Crippen molar-refractivity contribution in [1.29, 1.82) is 0 Å². The molecule has 7 heteroatoms. The third-order valence-electron chi connectivity index (χ3n) is 4.68. The fraction of sp³-hybridized carbons (Fsp3) is 0.292. The molecule has 0 aliphatic carbocycles. The Morgan fingerprint density at radius 2 is 1.74 bits per heavy atom. The summed E-state index contributed by atoms with van der Waals surface area (Å²) >= 11 is 0.837. The molecule has 0 saturated carbocycles. The third kappa shape index (κ3) is 5.76. The van der Waals surface area contributed by atoms with Crippen molar-refractivity contribution in [2.45, 2.75) is 27.7 Å². The van der Waals surface area contributed by atoms with Crippen LogP contribution >= 0.6 is 11.8 Å². The zero-order valence-electron chi connectivity index (χ0n) is 18.1. The second-order valence-corrected chi connectivity index (χ2v) is 8.85. The number of thioether (sulfide) groups is 1. The van der Waals surface area contributed by atoms with Crippen molar-refractivity contribution in [3.8, 4) is 5.75 Å². The van der Waals surface area contributed by atoms with E-state index in [-0.39, 0.29) is 6.54 Å². The van der Waals surface area contributed by atoms with E-state index in [0.29, 0.717) is 23.1 Å². The molecular weight excluding hydrogens is 412 g/mol. The van der Waals surface area contributed by atoms with E-state index in [1.807, 2.05) is 56.3 Å². The molecule has 1 fully saturated rings. The molecule has 1 saturated heterocycles. The Balaban J connectivity index is 1.65. The molecule has 0 atom stereocenters. The summed E-state index contributed by atoms with van der Waals surface area (Å²) in [5, 5.41) is 2.36. The number of nitrogens with zero attached hydrogens (tertiary/aromatic N) is 1. The van der Waals surface area contributed by atoms with Gasteiger partial charge in [0.25, 0.3) is 11.1 Å². The molecule has 1 aliphatic rings. The van der Waals surface area contributed by atoms with E-state index < -0.39 is 17.1 Å². The molecule has 2 aromatic carbocycles. The maximum absolute atomic E-state index is 12.7. The number of ether oxygens (including phenoxy) is 1. The topological polar surface area (TPSA) is 75.7 Å². The van der Waals surface area contributed by atoms with Gasteiger partial charge in [-0.3, -0.25) is 19.3 Å². The van der Waals surface area contributed by atoms with E-state index in [0.717, 1.165) is 39.1 Å². The van der Waals surface area contributed by atoms with Gasteiger partial charge in [-0.25, -0.2) is 0 Å². The van der Waals surface area contributed by atoms with Gasteiger partial charge in [-0.15, -0.1) is 0 Å². The number of carbonyl (C=O) groups is 3. The van der Waals surface area contributed by atoms with Crippen LogP contribution in [0.3, 0.4) is 0 Å². The second-order valence-electron chi connectivity index (χ2n) is 7.86. The van der Waals surface area contributed by atoms with Crippen LogP contribution in [0, 0.1) is 19.8 Å². The number of hydrogen-bond acceptors (Lipinski definition) is 5. The van der Waals surface area contributed by atoms with Crippen LogP contribution in [0.2, 0.25) is 0 Å². The van der Waals surface area contributed by atoms with Crippen LogP contribution < -0.4 is 10.1 Å². The van der Waals surface area contributed by atoms with E-state index in [1.54, 1.807) is 6.08 Å². The first-order valence-electron chi connectivity index (χ1n) is 10.1. The van der Waals surface area contributed by atoms with Gasteiger partial charge in [0.15, 0.2) is 0 Å². The molecule has 0 radical (unpaired) electrons. The predicted molar refractivity (Wildman–Crippen MR) is 124 cm³/mol. The zero-order valence-corrected chi connectivity index (χ0v) is 18.9. The Kier molecular flexibility index (Phi) is 7.17. The Bertz CT molecular complexity index is 1010. The summed E-state index contributed by atoms with van der Waals surface area (Å²) < 4.78 is 5.66. The van der Waals surface area contributed by atoms with Crippen molar-refractivity contribution in [1.82, 2.24) is 4.90 Å². The molecule has 162 valence electrons. The van der Waals surface area contributed by atoms with Gasteiger partial charge >= 0.3 is 0 Å². The summed E-state index contributed by atoms with van der Waals surface area (Å²) in [6.07, 6.45) is 1.65. The second kappa shape index (κ2) is 9.83. The summed E-state index contributed by atoms with van der Waals surface area (Å²) in [5.41, 5.74) is 3.32. The lowest BCUT2D eigenvalue weighted by Crippen LogP contribution is -2.36. The van der Waals surface area contributed by atoms with Crippen molar-refractivity contribution < 1.29 is 19.1 Å². The van der Waals surface area contributed by atoms with Gasteiger partial charge in [-0.1, -0.05) is 44.2 Å². The van der Waals surface area contributed by atoms with Gasteiger partial charge in [0, 0.05) is 5.69 Å². The highest BCUT2D eigenvalue weighted by Crippen LogP contribution is 2.32. The van der Waals surface area contributed by atoms with Crippen molar-refractivity contribution in [2.24, 2.45) is 5.92 Å². The smallest absolute Gasteiger partial charge is 0.294 e. The molecule has 0 aromatic heterocycles. The predicted octanol–water partition coefficient (Wildman–Crippen LogP) is 5.01. The monoisotopic (exact) mass is 438 g/mol. The van der Waals surface area contributed by atoms with Crippen molar-refractivity contribution >= 4 is 40.6 Å². The quantitative estimate of drug-likeness (QED) is 0.615. The van der Waals surface area contributed by atoms with Gasteiger partial charge in [-0.2, -0.15) is 0 Å². The Morgan fingerprint density at radius 3 is 2.35 bits per heavy atom. The number of imide groups is 1. The lowest BCUT2D eigenvalue weighted by atomic mass is 10.1. The van der Waals surface area contributed by atoms with Gasteiger partial charge < -0.3 is 10.1 Å². The molecular formula is C24H26N2O4S. The maximum Gasteiger partial charge on any atom is 0.294 e. The van der Waals surface area contributed by atoms with E-state index in [4.69, 9.17) is 4.74 Å². The Morgan fingerprint density at radius 1 is 1.10 bits per heavy atom. The van der Waals surface area contributed by atoms with Crippen LogP contribution in [0.25, 0.3) is 6.08 Å². The lowest BCUT2D eigenvalue weighted by molar-refractivity contribution is -0.127. The highest BCUT2D eigenvalue weighted by molar-refractivity contribution is 8.18. The number of rotatable bonds is 7. The molecule has 3 rings (SSSR count). The first-order valence-corrected chi connectivity index (χ1v) is 10.9. The molecule has 3 amide bonds. The number of benzene rings is 2. The third-order valence-corrected chi connectivity index (χ3v) is 5.59. The van der Waals surface area contributed by atoms with Gasteiger partial charge in [0.05, 0.1) is 11.5 Å². The van der Waals surface area contributed by atoms with Crippen LogP contribution in [0.15, 0.2) is 47.4 Å².